The summed E-state index contributed by atoms with van der Waals surface area (Å²) in [7, 11) is 0. The lowest BCUT2D eigenvalue weighted by atomic mass is 9.78. The molecule has 1 aromatic heterocycles. The zero-order valence-electron chi connectivity index (χ0n) is 12.7. The zero-order chi connectivity index (χ0) is 15.5. The molecule has 2 unspecified atom stereocenters. The van der Waals surface area contributed by atoms with Crippen LogP contribution in [-0.4, -0.2) is 39.1 Å². The van der Waals surface area contributed by atoms with Crippen molar-refractivity contribution in [2.75, 3.05) is 23.8 Å². The maximum Gasteiger partial charge on any atom is 0.233 e. The van der Waals surface area contributed by atoms with Gasteiger partial charge < -0.3 is 16.4 Å². The first-order valence-electron chi connectivity index (χ1n) is 7.96. The van der Waals surface area contributed by atoms with Crippen molar-refractivity contribution in [1.29, 1.82) is 0 Å². The number of hydrogen-bond acceptors (Lipinski definition) is 6. The van der Waals surface area contributed by atoms with Crippen LogP contribution >= 0.6 is 11.8 Å². The Morgan fingerprint density at radius 3 is 2.64 bits per heavy atom. The fourth-order valence-corrected chi connectivity index (χ4v) is 4.43. The molecule has 3 rings (SSSR count). The van der Waals surface area contributed by atoms with Crippen LogP contribution in [0.15, 0.2) is 11.2 Å². The number of carbonyl (C=O) groups is 1. The van der Waals surface area contributed by atoms with Crippen LogP contribution in [-0.2, 0) is 4.79 Å². The number of piperidine rings is 1. The smallest absolute Gasteiger partial charge is 0.233 e. The number of carbonyl (C=O) groups excluding carboxylic acids is 1. The molecule has 0 radical (unpaired) electrons. The van der Waals surface area contributed by atoms with E-state index in [1.54, 1.807) is 0 Å². The molecule has 0 spiro atoms. The molecule has 0 bridgehead atoms. The third-order valence-electron chi connectivity index (χ3n) is 4.63. The molecule has 7 heteroatoms. The van der Waals surface area contributed by atoms with E-state index in [9.17, 15) is 4.79 Å². The van der Waals surface area contributed by atoms with Gasteiger partial charge in [0.15, 0.2) is 5.16 Å². The van der Waals surface area contributed by atoms with Gasteiger partial charge in [-0.2, -0.15) is 0 Å². The highest BCUT2D eigenvalue weighted by molar-refractivity contribution is 7.99. The van der Waals surface area contributed by atoms with Gasteiger partial charge in [-0.05, 0) is 31.6 Å². The summed E-state index contributed by atoms with van der Waals surface area (Å²) < 4.78 is 0. The highest BCUT2D eigenvalue weighted by Gasteiger charge is 2.35. The summed E-state index contributed by atoms with van der Waals surface area (Å²) in [5, 5.41) is 0.475. The standard InChI is InChI=1S/C15H23N5OS/c16-12-8-13(17)19-15(18-12)22-9-14(21)20-7-3-5-10-4-1-2-6-11(10)20/h8,10-11H,1-7,9H2,(H4,16,17,18,19). The average Bonchev–Trinajstić information content (AvgIpc) is 2.51. The Bertz CT molecular complexity index is 530. The van der Waals surface area contributed by atoms with E-state index in [4.69, 9.17) is 11.5 Å². The molecule has 0 aromatic carbocycles. The maximum atomic E-state index is 12.6. The van der Waals surface area contributed by atoms with E-state index >= 15 is 0 Å². The molecule has 22 heavy (non-hydrogen) atoms. The zero-order valence-corrected chi connectivity index (χ0v) is 13.5. The van der Waals surface area contributed by atoms with Crippen molar-refractivity contribution in [3.63, 3.8) is 0 Å². The second kappa shape index (κ2) is 6.73. The van der Waals surface area contributed by atoms with Crippen molar-refractivity contribution in [1.82, 2.24) is 14.9 Å². The van der Waals surface area contributed by atoms with Crippen LogP contribution in [0.4, 0.5) is 11.6 Å². The molecule has 1 amide bonds. The SMILES string of the molecule is Nc1cc(N)nc(SCC(=O)N2CCCC3CCCCC32)n1. The predicted octanol–water partition coefficient (Wildman–Crippen LogP) is 1.91. The van der Waals surface area contributed by atoms with Gasteiger partial charge in [-0.3, -0.25) is 4.79 Å². The van der Waals surface area contributed by atoms with Crippen molar-refractivity contribution in [2.45, 2.75) is 49.7 Å². The third kappa shape index (κ3) is 3.45. The average molecular weight is 321 g/mol. The predicted molar refractivity (Wildman–Crippen MR) is 88.3 cm³/mol. The van der Waals surface area contributed by atoms with Crippen LogP contribution in [0.25, 0.3) is 0 Å². The number of thioether (sulfide) groups is 1. The first kappa shape index (κ1) is 15.4. The lowest BCUT2D eigenvalue weighted by Crippen LogP contribution is -2.50. The molecule has 4 N–H and O–H groups in total. The van der Waals surface area contributed by atoms with Crippen LogP contribution in [0.1, 0.15) is 38.5 Å². The summed E-state index contributed by atoms with van der Waals surface area (Å²) in [6.45, 7) is 0.889. The maximum absolute atomic E-state index is 12.6. The van der Waals surface area contributed by atoms with Crippen LogP contribution in [0, 0.1) is 5.92 Å². The number of fused-ring (bicyclic) bond motifs is 1. The van der Waals surface area contributed by atoms with E-state index in [0.717, 1.165) is 19.4 Å². The Morgan fingerprint density at radius 2 is 1.86 bits per heavy atom. The second-order valence-corrected chi connectivity index (χ2v) is 7.07. The minimum Gasteiger partial charge on any atom is -0.383 e. The van der Waals surface area contributed by atoms with Gasteiger partial charge in [-0.25, -0.2) is 9.97 Å². The molecule has 2 fully saturated rings. The molecule has 1 aliphatic heterocycles. The highest BCUT2D eigenvalue weighted by Crippen LogP contribution is 2.35. The largest absolute Gasteiger partial charge is 0.383 e. The first-order valence-corrected chi connectivity index (χ1v) is 8.94. The normalized spacial score (nSPS) is 24.8. The summed E-state index contributed by atoms with van der Waals surface area (Å²) in [5.41, 5.74) is 11.3. The molecule has 1 aliphatic carbocycles. The summed E-state index contributed by atoms with van der Waals surface area (Å²) in [6.07, 6.45) is 7.39. The molecule has 1 saturated carbocycles. The summed E-state index contributed by atoms with van der Waals surface area (Å²) in [5.74, 6) is 1.92. The van der Waals surface area contributed by atoms with Gasteiger partial charge in [-0.1, -0.05) is 24.6 Å². The van der Waals surface area contributed by atoms with Gasteiger partial charge in [0.25, 0.3) is 0 Å². The first-order chi connectivity index (χ1) is 10.6. The van der Waals surface area contributed by atoms with Crippen molar-refractivity contribution in [2.24, 2.45) is 5.92 Å². The van der Waals surface area contributed by atoms with E-state index in [2.05, 4.69) is 14.9 Å². The molecule has 2 atom stereocenters. The molecule has 1 saturated heterocycles. The van der Waals surface area contributed by atoms with E-state index < -0.39 is 0 Å². The summed E-state index contributed by atoms with van der Waals surface area (Å²) in [4.78, 5) is 22.9. The van der Waals surface area contributed by atoms with Crippen LogP contribution < -0.4 is 11.5 Å². The van der Waals surface area contributed by atoms with Crippen molar-refractivity contribution in [3.05, 3.63) is 6.07 Å². The number of rotatable bonds is 3. The number of nitrogen functional groups attached to an aromatic ring is 2. The number of amides is 1. The molecule has 2 heterocycles. The minimum absolute atomic E-state index is 0.186. The molecular weight excluding hydrogens is 298 g/mol. The van der Waals surface area contributed by atoms with Crippen LogP contribution in [0.3, 0.4) is 0 Å². The van der Waals surface area contributed by atoms with Gasteiger partial charge in [0, 0.05) is 18.7 Å². The van der Waals surface area contributed by atoms with E-state index in [-0.39, 0.29) is 5.91 Å². The van der Waals surface area contributed by atoms with Crippen LogP contribution in [0.5, 0.6) is 0 Å². The number of likely N-dealkylation sites (tertiary alicyclic amines) is 1. The number of nitrogens with zero attached hydrogens (tertiary/aromatic N) is 3. The fourth-order valence-electron chi connectivity index (χ4n) is 3.67. The second-order valence-electron chi connectivity index (χ2n) is 6.13. The van der Waals surface area contributed by atoms with E-state index in [1.807, 2.05) is 0 Å². The van der Waals surface area contributed by atoms with Gasteiger partial charge >= 0.3 is 0 Å². The van der Waals surface area contributed by atoms with Gasteiger partial charge in [-0.15, -0.1) is 0 Å². The van der Waals surface area contributed by atoms with E-state index in [0.29, 0.717) is 34.5 Å². The Kier molecular flexibility index (Phi) is 4.71. The third-order valence-corrected chi connectivity index (χ3v) is 5.47. The molecule has 120 valence electrons. The van der Waals surface area contributed by atoms with Gasteiger partial charge in [0.05, 0.1) is 5.75 Å². The number of nitrogens with two attached hydrogens (primary N) is 2. The molecule has 6 nitrogen and oxygen atoms in total. The lowest BCUT2D eigenvalue weighted by Gasteiger charge is -2.44. The van der Waals surface area contributed by atoms with Crippen molar-refractivity contribution < 1.29 is 4.79 Å². The molecule has 2 aliphatic rings. The van der Waals surface area contributed by atoms with Crippen molar-refractivity contribution >= 4 is 29.3 Å². The van der Waals surface area contributed by atoms with Crippen LogP contribution in [0.2, 0.25) is 0 Å². The molecule has 1 aromatic rings. The number of aromatic nitrogens is 2. The minimum atomic E-state index is 0.186. The Balaban J connectivity index is 1.61. The highest BCUT2D eigenvalue weighted by atomic mass is 32.2. The molecular formula is C15H23N5OS. The number of anilines is 2. The van der Waals surface area contributed by atoms with Gasteiger partial charge in [0.2, 0.25) is 5.91 Å². The lowest BCUT2D eigenvalue weighted by molar-refractivity contribution is -0.134. The fraction of sp³-hybridized carbons (Fsp3) is 0.667. The topological polar surface area (TPSA) is 98.1 Å². The Morgan fingerprint density at radius 1 is 1.18 bits per heavy atom. The Hall–Kier alpha value is -1.50. The summed E-state index contributed by atoms with van der Waals surface area (Å²) >= 11 is 1.32. The quantitative estimate of drug-likeness (QED) is 0.652. The summed E-state index contributed by atoms with van der Waals surface area (Å²) in [6, 6.07) is 1.96. The monoisotopic (exact) mass is 321 g/mol. The van der Waals surface area contributed by atoms with E-state index in [1.165, 1.54) is 43.5 Å². The number of hydrogen-bond donors (Lipinski definition) is 2. The van der Waals surface area contributed by atoms with Gasteiger partial charge in [0.1, 0.15) is 11.6 Å². The van der Waals surface area contributed by atoms with Crippen molar-refractivity contribution in [3.8, 4) is 0 Å². The Labute approximate surface area is 135 Å².